The van der Waals surface area contributed by atoms with Gasteiger partial charge in [-0.15, -0.1) is 11.6 Å². The van der Waals surface area contributed by atoms with E-state index in [0.717, 1.165) is 19.3 Å². The fourth-order valence-corrected chi connectivity index (χ4v) is 1.76. The lowest BCUT2D eigenvalue weighted by molar-refractivity contribution is -0.133. The molecule has 5 heteroatoms. The molecule has 0 spiro atoms. The smallest absolute Gasteiger partial charge is 0.316 e. The van der Waals surface area contributed by atoms with Crippen LogP contribution in [-0.4, -0.2) is 25.1 Å². The van der Waals surface area contributed by atoms with Crippen LogP contribution in [0.15, 0.2) is 0 Å². The van der Waals surface area contributed by atoms with Crippen LogP contribution in [0.25, 0.3) is 0 Å². The summed E-state index contributed by atoms with van der Waals surface area (Å²) in [6.45, 7) is 2.71. The Kier molecular flexibility index (Phi) is 8.24. The van der Waals surface area contributed by atoms with E-state index >= 15 is 0 Å². The lowest BCUT2D eigenvalue weighted by atomic mass is 10.0. The first-order valence-corrected chi connectivity index (χ1v) is 5.86. The maximum Gasteiger partial charge on any atom is 0.390 e. The van der Waals surface area contributed by atoms with Gasteiger partial charge in [0.15, 0.2) is 0 Å². The predicted octanol–water partition coefficient (Wildman–Crippen LogP) is 3.57. The van der Waals surface area contributed by atoms with E-state index < -0.39 is 12.6 Å². The second-order valence-electron chi connectivity index (χ2n) is 3.70. The van der Waals surface area contributed by atoms with Crippen LogP contribution in [-0.2, 0) is 0 Å². The summed E-state index contributed by atoms with van der Waals surface area (Å²) in [5, 5.41) is 2.83. The highest BCUT2D eigenvalue weighted by atomic mass is 35.5. The molecule has 0 aliphatic carbocycles. The maximum absolute atomic E-state index is 11.8. The molecule has 0 fully saturated rings. The summed E-state index contributed by atoms with van der Waals surface area (Å²) in [6, 6.07) is 0. The lowest BCUT2D eigenvalue weighted by Gasteiger charge is -2.15. The number of halogens is 4. The van der Waals surface area contributed by atoms with Gasteiger partial charge in [-0.05, 0) is 25.3 Å². The zero-order chi connectivity index (χ0) is 11.7. The van der Waals surface area contributed by atoms with Crippen LogP contribution >= 0.6 is 11.6 Å². The van der Waals surface area contributed by atoms with E-state index in [1.54, 1.807) is 0 Å². The second-order valence-corrected chi connectivity index (χ2v) is 4.08. The minimum atomic E-state index is -4.06. The van der Waals surface area contributed by atoms with E-state index in [4.69, 9.17) is 11.6 Å². The van der Waals surface area contributed by atoms with Crippen molar-refractivity contribution in [1.29, 1.82) is 0 Å². The highest BCUT2D eigenvalue weighted by Crippen LogP contribution is 2.18. The molecule has 0 heterocycles. The van der Waals surface area contributed by atoms with Crippen molar-refractivity contribution in [1.82, 2.24) is 5.32 Å². The molecule has 0 aromatic heterocycles. The van der Waals surface area contributed by atoms with E-state index in [1.807, 2.05) is 0 Å². The third-order valence-electron chi connectivity index (χ3n) is 2.23. The average molecular weight is 246 g/mol. The molecule has 0 saturated carbocycles. The molecule has 0 bridgehead atoms. The second kappa shape index (κ2) is 8.22. The van der Waals surface area contributed by atoms with Crippen molar-refractivity contribution >= 4 is 11.6 Å². The topological polar surface area (TPSA) is 12.0 Å². The van der Waals surface area contributed by atoms with Crippen LogP contribution in [0.4, 0.5) is 13.2 Å². The Morgan fingerprint density at radius 1 is 1.27 bits per heavy atom. The average Bonchev–Trinajstić information content (AvgIpc) is 2.11. The van der Waals surface area contributed by atoms with Crippen LogP contribution < -0.4 is 5.32 Å². The molecule has 92 valence electrons. The fourth-order valence-electron chi connectivity index (χ4n) is 1.45. The number of hydrogen-bond acceptors (Lipinski definition) is 1. The van der Waals surface area contributed by atoms with Crippen LogP contribution in [0.2, 0.25) is 0 Å². The van der Waals surface area contributed by atoms with Crippen molar-refractivity contribution in [2.75, 3.05) is 19.0 Å². The standard InChI is InChI=1S/C10H19ClF3N/c1-2-3-9(4-6-11)8-15-7-5-10(12,13)14/h9,15H,2-8H2,1H3. The lowest BCUT2D eigenvalue weighted by Crippen LogP contribution is -2.27. The Morgan fingerprint density at radius 2 is 1.93 bits per heavy atom. The van der Waals surface area contributed by atoms with Crippen molar-refractivity contribution in [3.63, 3.8) is 0 Å². The van der Waals surface area contributed by atoms with Crippen LogP contribution in [0, 0.1) is 5.92 Å². The van der Waals surface area contributed by atoms with Gasteiger partial charge in [0.2, 0.25) is 0 Å². The van der Waals surface area contributed by atoms with Crippen molar-refractivity contribution in [2.24, 2.45) is 5.92 Å². The summed E-state index contributed by atoms with van der Waals surface area (Å²) in [7, 11) is 0. The molecule has 1 atom stereocenters. The molecule has 0 rings (SSSR count). The molecule has 0 aromatic carbocycles. The van der Waals surface area contributed by atoms with Gasteiger partial charge in [0.25, 0.3) is 0 Å². The summed E-state index contributed by atoms with van der Waals surface area (Å²) in [5.74, 6) is 0.978. The highest BCUT2D eigenvalue weighted by Gasteiger charge is 2.26. The van der Waals surface area contributed by atoms with Crippen molar-refractivity contribution in [2.45, 2.75) is 38.8 Å². The molecule has 1 N–H and O–H groups in total. The molecule has 0 saturated heterocycles. The van der Waals surface area contributed by atoms with Gasteiger partial charge < -0.3 is 5.32 Å². The number of rotatable bonds is 8. The summed E-state index contributed by atoms with van der Waals surface area (Å²) in [6.07, 6.45) is -1.88. The first kappa shape index (κ1) is 15.0. The summed E-state index contributed by atoms with van der Waals surface area (Å²) in [5.41, 5.74) is 0. The summed E-state index contributed by atoms with van der Waals surface area (Å²) in [4.78, 5) is 0. The maximum atomic E-state index is 11.8. The first-order valence-electron chi connectivity index (χ1n) is 5.33. The molecule has 0 radical (unpaired) electrons. The van der Waals surface area contributed by atoms with Crippen LogP contribution in [0.1, 0.15) is 32.6 Å². The molecule has 15 heavy (non-hydrogen) atoms. The fraction of sp³-hybridized carbons (Fsp3) is 1.00. The van der Waals surface area contributed by atoms with Gasteiger partial charge >= 0.3 is 6.18 Å². The summed E-state index contributed by atoms with van der Waals surface area (Å²) >= 11 is 5.61. The largest absolute Gasteiger partial charge is 0.390 e. The van der Waals surface area contributed by atoms with E-state index in [-0.39, 0.29) is 6.54 Å². The van der Waals surface area contributed by atoms with Gasteiger partial charge in [-0.25, -0.2) is 0 Å². The number of hydrogen-bond donors (Lipinski definition) is 1. The van der Waals surface area contributed by atoms with E-state index in [1.165, 1.54) is 0 Å². The minimum absolute atomic E-state index is 0.00595. The van der Waals surface area contributed by atoms with Gasteiger partial charge in [0.05, 0.1) is 6.42 Å². The monoisotopic (exact) mass is 245 g/mol. The van der Waals surface area contributed by atoms with Crippen LogP contribution in [0.5, 0.6) is 0 Å². The SMILES string of the molecule is CCCC(CCCl)CNCCC(F)(F)F. The Balaban J connectivity index is 3.52. The zero-order valence-electron chi connectivity index (χ0n) is 9.04. The molecular weight excluding hydrogens is 227 g/mol. The highest BCUT2D eigenvalue weighted by molar-refractivity contribution is 6.17. The van der Waals surface area contributed by atoms with E-state index in [2.05, 4.69) is 12.2 Å². The van der Waals surface area contributed by atoms with E-state index in [0.29, 0.717) is 18.3 Å². The quantitative estimate of drug-likeness (QED) is 0.509. The Bertz CT molecular complexity index is 144. The summed E-state index contributed by atoms with van der Waals surface area (Å²) < 4.78 is 35.4. The molecule has 0 aliphatic rings. The third kappa shape index (κ3) is 10.3. The molecule has 0 amide bonds. The minimum Gasteiger partial charge on any atom is -0.316 e. The van der Waals surface area contributed by atoms with Gasteiger partial charge in [-0.3, -0.25) is 0 Å². The Hall–Kier alpha value is 0.0400. The number of alkyl halides is 4. The molecule has 0 aromatic rings. The molecular formula is C10H19ClF3N. The van der Waals surface area contributed by atoms with Gasteiger partial charge in [-0.2, -0.15) is 13.2 Å². The van der Waals surface area contributed by atoms with Gasteiger partial charge in [-0.1, -0.05) is 13.3 Å². The van der Waals surface area contributed by atoms with E-state index in [9.17, 15) is 13.2 Å². The number of nitrogens with one attached hydrogen (secondary N) is 1. The van der Waals surface area contributed by atoms with Crippen molar-refractivity contribution in [3.05, 3.63) is 0 Å². The first-order chi connectivity index (χ1) is 6.99. The predicted molar refractivity (Wildman–Crippen MR) is 57.3 cm³/mol. The third-order valence-corrected chi connectivity index (χ3v) is 2.45. The molecule has 1 unspecified atom stereocenters. The Morgan fingerprint density at radius 3 is 2.40 bits per heavy atom. The Labute approximate surface area is 94.4 Å². The normalized spacial score (nSPS) is 14.2. The van der Waals surface area contributed by atoms with Crippen molar-refractivity contribution < 1.29 is 13.2 Å². The van der Waals surface area contributed by atoms with Gasteiger partial charge in [0.1, 0.15) is 0 Å². The molecule has 0 aliphatic heterocycles. The van der Waals surface area contributed by atoms with Crippen molar-refractivity contribution in [3.8, 4) is 0 Å². The zero-order valence-corrected chi connectivity index (χ0v) is 9.79. The van der Waals surface area contributed by atoms with Gasteiger partial charge in [0, 0.05) is 12.4 Å². The molecule has 1 nitrogen and oxygen atoms in total. The van der Waals surface area contributed by atoms with Crippen LogP contribution in [0.3, 0.4) is 0 Å².